The second kappa shape index (κ2) is 4.40. The number of aliphatic hydroxyl groups is 1. The molecule has 0 spiro atoms. The van der Waals surface area contributed by atoms with Gasteiger partial charge in [-0.2, -0.15) is 13.1 Å². The summed E-state index contributed by atoms with van der Waals surface area (Å²) in [5.41, 5.74) is 1.13. The van der Waals surface area contributed by atoms with Crippen LogP contribution in [0.15, 0.2) is 24.3 Å². The third-order valence-electron chi connectivity index (χ3n) is 2.26. The summed E-state index contributed by atoms with van der Waals surface area (Å²) in [6.07, 6.45) is 1.80. The van der Waals surface area contributed by atoms with Crippen molar-refractivity contribution < 1.29 is 13.5 Å². The van der Waals surface area contributed by atoms with Crippen LogP contribution in [0.2, 0.25) is 0 Å². The van der Waals surface area contributed by atoms with Crippen molar-refractivity contribution in [2.75, 3.05) is 4.72 Å². The number of aliphatic hydroxyl groups excluding tert-OH is 1. The van der Waals surface area contributed by atoms with Gasteiger partial charge in [0, 0.05) is 6.04 Å². The first-order chi connectivity index (χ1) is 7.59. The predicted octanol–water partition coefficient (Wildman–Crippen LogP) is 0.588. The number of anilines is 1. The summed E-state index contributed by atoms with van der Waals surface area (Å²) >= 11 is 0. The molecule has 88 valence electrons. The van der Waals surface area contributed by atoms with E-state index in [4.69, 9.17) is 5.11 Å². The van der Waals surface area contributed by atoms with Gasteiger partial charge in [-0.15, -0.1) is 0 Å². The van der Waals surface area contributed by atoms with E-state index in [1.54, 1.807) is 24.3 Å². The van der Waals surface area contributed by atoms with E-state index < -0.39 is 10.2 Å². The monoisotopic (exact) mass is 242 g/mol. The van der Waals surface area contributed by atoms with Crippen molar-refractivity contribution >= 4 is 15.9 Å². The van der Waals surface area contributed by atoms with Gasteiger partial charge in [0.05, 0.1) is 12.3 Å². The zero-order valence-corrected chi connectivity index (χ0v) is 9.50. The zero-order chi connectivity index (χ0) is 11.6. The van der Waals surface area contributed by atoms with Crippen LogP contribution in [-0.4, -0.2) is 19.6 Å². The van der Waals surface area contributed by atoms with Gasteiger partial charge in [-0.1, -0.05) is 12.1 Å². The normalized spacial score (nSPS) is 16.1. The molecule has 1 fully saturated rings. The Hall–Kier alpha value is -1.11. The molecule has 1 aromatic rings. The Labute approximate surface area is 94.7 Å². The first-order valence-corrected chi connectivity index (χ1v) is 6.57. The Morgan fingerprint density at radius 2 is 2.12 bits per heavy atom. The fourth-order valence-electron chi connectivity index (χ4n) is 1.34. The molecule has 0 saturated heterocycles. The van der Waals surface area contributed by atoms with Crippen molar-refractivity contribution in [3.8, 4) is 0 Å². The molecule has 16 heavy (non-hydrogen) atoms. The van der Waals surface area contributed by atoms with Crippen LogP contribution < -0.4 is 9.44 Å². The van der Waals surface area contributed by atoms with Crippen LogP contribution >= 0.6 is 0 Å². The Bertz CT molecular complexity index is 469. The Kier molecular flexibility index (Phi) is 3.13. The molecule has 0 heterocycles. The number of hydrogen-bond acceptors (Lipinski definition) is 3. The largest absolute Gasteiger partial charge is 0.392 e. The summed E-state index contributed by atoms with van der Waals surface area (Å²) in [6.45, 7) is -0.106. The molecule has 5 nitrogen and oxygen atoms in total. The van der Waals surface area contributed by atoms with E-state index in [0.717, 1.165) is 12.8 Å². The average molecular weight is 242 g/mol. The van der Waals surface area contributed by atoms with Gasteiger partial charge < -0.3 is 5.11 Å². The lowest BCUT2D eigenvalue weighted by atomic mass is 10.2. The minimum atomic E-state index is -3.48. The minimum absolute atomic E-state index is 0.0820. The highest BCUT2D eigenvalue weighted by molar-refractivity contribution is 7.90. The summed E-state index contributed by atoms with van der Waals surface area (Å²) in [5.74, 6) is 0. The van der Waals surface area contributed by atoms with Crippen LogP contribution in [0.4, 0.5) is 5.69 Å². The molecule has 1 aliphatic carbocycles. The molecule has 1 aromatic carbocycles. The van der Waals surface area contributed by atoms with Crippen molar-refractivity contribution in [2.45, 2.75) is 25.5 Å². The standard InChI is InChI=1S/C10H14N2O3S/c13-7-8-2-1-3-10(6-8)12-16(14,15)11-9-4-5-9/h1-3,6,9,11-13H,4-5,7H2. The maximum Gasteiger partial charge on any atom is 0.299 e. The summed E-state index contributed by atoms with van der Waals surface area (Å²) in [6, 6.07) is 6.75. The number of nitrogens with one attached hydrogen (secondary N) is 2. The number of rotatable bonds is 5. The molecule has 0 amide bonds. The summed E-state index contributed by atoms with van der Waals surface area (Å²) < 4.78 is 28.1. The SMILES string of the molecule is O=S(=O)(Nc1cccc(CO)c1)NC1CC1. The van der Waals surface area contributed by atoms with E-state index in [1.165, 1.54) is 0 Å². The molecule has 2 rings (SSSR count). The van der Waals surface area contributed by atoms with Crippen LogP contribution in [0.3, 0.4) is 0 Å². The van der Waals surface area contributed by atoms with E-state index in [-0.39, 0.29) is 12.6 Å². The van der Waals surface area contributed by atoms with Crippen molar-refractivity contribution in [3.05, 3.63) is 29.8 Å². The van der Waals surface area contributed by atoms with E-state index in [1.807, 2.05) is 0 Å². The molecule has 1 saturated carbocycles. The highest BCUT2D eigenvalue weighted by Gasteiger charge is 2.26. The second-order valence-electron chi connectivity index (χ2n) is 3.86. The van der Waals surface area contributed by atoms with Gasteiger partial charge in [-0.3, -0.25) is 4.72 Å². The fourth-order valence-corrected chi connectivity index (χ4v) is 2.51. The number of hydrogen-bond donors (Lipinski definition) is 3. The van der Waals surface area contributed by atoms with E-state index >= 15 is 0 Å². The van der Waals surface area contributed by atoms with Crippen LogP contribution in [0.5, 0.6) is 0 Å². The number of benzene rings is 1. The van der Waals surface area contributed by atoms with Crippen molar-refractivity contribution in [3.63, 3.8) is 0 Å². The second-order valence-corrected chi connectivity index (χ2v) is 5.30. The molecule has 0 atom stereocenters. The van der Waals surface area contributed by atoms with Crippen LogP contribution in [0.1, 0.15) is 18.4 Å². The topological polar surface area (TPSA) is 78.4 Å². The van der Waals surface area contributed by atoms with Crippen molar-refractivity contribution in [2.24, 2.45) is 0 Å². The highest BCUT2D eigenvalue weighted by atomic mass is 32.2. The summed E-state index contributed by atoms with van der Waals surface area (Å²) in [5, 5.41) is 8.92. The zero-order valence-electron chi connectivity index (χ0n) is 8.68. The van der Waals surface area contributed by atoms with Gasteiger partial charge in [0.15, 0.2) is 0 Å². The molecular formula is C10H14N2O3S. The third-order valence-corrected chi connectivity index (χ3v) is 3.41. The van der Waals surface area contributed by atoms with Crippen LogP contribution in [0, 0.1) is 0 Å². The maximum absolute atomic E-state index is 11.6. The third kappa shape index (κ3) is 3.19. The van der Waals surface area contributed by atoms with Crippen molar-refractivity contribution in [1.29, 1.82) is 0 Å². The molecule has 0 radical (unpaired) electrons. The molecular weight excluding hydrogens is 228 g/mol. The van der Waals surface area contributed by atoms with Crippen LogP contribution in [0.25, 0.3) is 0 Å². The van der Waals surface area contributed by atoms with E-state index in [9.17, 15) is 8.42 Å². The molecule has 0 bridgehead atoms. The molecule has 3 N–H and O–H groups in total. The molecule has 6 heteroatoms. The Balaban J connectivity index is 2.06. The van der Waals surface area contributed by atoms with Gasteiger partial charge in [0.1, 0.15) is 0 Å². The fraction of sp³-hybridized carbons (Fsp3) is 0.400. The average Bonchev–Trinajstić information content (AvgIpc) is 3.00. The molecule has 1 aliphatic rings. The van der Waals surface area contributed by atoms with Crippen molar-refractivity contribution in [1.82, 2.24) is 4.72 Å². The van der Waals surface area contributed by atoms with Gasteiger partial charge >= 0.3 is 0 Å². The smallest absolute Gasteiger partial charge is 0.299 e. The van der Waals surface area contributed by atoms with E-state index in [0.29, 0.717) is 11.3 Å². The first kappa shape index (κ1) is 11.4. The van der Waals surface area contributed by atoms with Gasteiger partial charge in [0.2, 0.25) is 0 Å². The van der Waals surface area contributed by atoms with Gasteiger partial charge in [-0.05, 0) is 30.5 Å². The highest BCUT2D eigenvalue weighted by Crippen LogP contribution is 2.20. The summed E-state index contributed by atoms with van der Waals surface area (Å²) in [7, 11) is -3.48. The van der Waals surface area contributed by atoms with Gasteiger partial charge in [-0.25, -0.2) is 0 Å². The first-order valence-electron chi connectivity index (χ1n) is 5.09. The summed E-state index contributed by atoms with van der Waals surface area (Å²) in [4.78, 5) is 0. The quantitative estimate of drug-likeness (QED) is 0.707. The van der Waals surface area contributed by atoms with E-state index in [2.05, 4.69) is 9.44 Å². The molecule has 0 aliphatic heterocycles. The Morgan fingerprint density at radius 1 is 1.38 bits per heavy atom. The van der Waals surface area contributed by atoms with Gasteiger partial charge in [0.25, 0.3) is 10.2 Å². The lowest BCUT2D eigenvalue weighted by Crippen LogP contribution is -2.31. The van der Waals surface area contributed by atoms with Crippen LogP contribution in [-0.2, 0) is 16.8 Å². The molecule has 0 aromatic heterocycles. The lowest BCUT2D eigenvalue weighted by Gasteiger charge is -2.09. The minimum Gasteiger partial charge on any atom is -0.392 e. The Morgan fingerprint density at radius 3 is 2.75 bits per heavy atom. The molecule has 0 unspecified atom stereocenters. The lowest BCUT2D eigenvalue weighted by molar-refractivity contribution is 0.282. The predicted molar refractivity (Wildman–Crippen MR) is 61.1 cm³/mol. The maximum atomic E-state index is 11.6.